The SMILES string of the molecule is COc1ccc(/C=C\c2cc(F)c(OC)c(OC)c2)cc1OP(=O)(O)O. The fourth-order valence-corrected chi connectivity index (χ4v) is 2.62. The van der Waals surface area contributed by atoms with E-state index in [4.69, 9.17) is 24.0 Å². The van der Waals surface area contributed by atoms with Crippen LogP contribution in [0.2, 0.25) is 0 Å². The lowest BCUT2D eigenvalue weighted by Crippen LogP contribution is -1.95. The third-order valence-electron chi connectivity index (χ3n) is 3.33. The van der Waals surface area contributed by atoms with E-state index in [2.05, 4.69) is 4.52 Å². The topological polar surface area (TPSA) is 94.5 Å². The minimum Gasteiger partial charge on any atom is -0.493 e. The zero-order chi connectivity index (χ0) is 19.3. The van der Waals surface area contributed by atoms with Crippen molar-refractivity contribution in [2.45, 2.75) is 0 Å². The van der Waals surface area contributed by atoms with Gasteiger partial charge in [0.2, 0.25) is 0 Å². The molecule has 0 radical (unpaired) electrons. The Kier molecular flexibility index (Phi) is 6.26. The van der Waals surface area contributed by atoms with E-state index in [1.807, 2.05) is 0 Å². The zero-order valence-electron chi connectivity index (χ0n) is 14.3. The molecule has 0 atom stereocenters. The summed E-state index contributed by atoms with van der Waals surface area (Å²) in [6, 6.07) is 7.41. The van der Waals surface area contributed by atoms with E-state index in [1.54, 1.807) is 24.3 Å². The van der Waals surface area contributed by atoms with Crippen molar-refractivity contribution < 1.29 is 37.5 Å². The Labute approximate surface area is 149 Å². The minimum atomic E-state index is -4.74. The number of phosphoric ester groups is 1. The number of rotatable bonds is 7. The predicted octanol–water partition coefficient (Wildman–Crippen LogP) is 3.49. The Morgan fingerprint density at radius 1 is 0.885 bits per heavy atom. The van der Waals surface area contributed by atoms with E-state index < -0.39 is 13.6 Å². The van der Waals surface area contributed by atoms with Crippen LogP contribution in [-0.2, 0) is 4.57 Å². The highest BCUT2D eigenvalue weighted by Crippen LogP contribution is 2.42. The van der Waals surface area contributed by atoms with Crippen molar-refractivity contribution in [2.24, 2.45) is 0 Å². The van der Waals surface area contributed by atoms with Crippen LogP contribution < -0.4 is 18.7 Å². The van der Waals surface area contributed by atoms with Gasteiger partial charge in [0.05, 0.1) is 21.3 Å². The van der Waals surface area contributed by atoms with Gasteiger partial charge in [-0.25, -0.2) is 8.96 Å². The monoisotopic (exact) mass is 384 g/mol. The highest BCUT2D eigenvalue weighted by Gasteiger charge is 2.19. The van der Waals surface area contributed by atoms with Crippen molar-refractivity contribution >= 4 is 20.0 Å². The van der Waals surface area contributed by atoms with E-state index in [-0.39, 0.29) is 23.0 Å². The van der Waals surface area contributed by atoms with Crippen LogP contribution in [0.25, 0.3) is 12.2 Å². The molecule has 0 unspecified atom stereocenters. The highest BCUT2D eigenvalue weighted by molar-refractivity contribution is 7.46. The summed E-state index contributed by atoms with van der Waals surface area (Å²) in [6.07, 6.45) is 3.22. The van der Waals surface area contributed by atoms with Crippen LogP contribution in [-0.4, -0.2) is 31.1 Å². The van der Waals surface area contributed by atoms with Crippen LogP contribution in [0.4, 0.5) is 4.39 Å². The van der Waals surface area contributed by atoms with Gasteiger partial charge in [-0.2, -0.15) is 0 Å². The normalized spacial score (nSPS) is 11.5. The number of ether oxygens (including phenoxy) is 3. The molecule has 0 heterocycles. The summed E-state index contributed by atoms with van der Waals surface area (Å²) in [5.41, 5.74) is 1.07. The van der Waals surface area contributed by atoms with Gasteiger partial charge in [0.25, 0.3) is 0 Å². The van der Waals surface area contributed by atoms with Gasteiger partial charge in [0.15, 0.2) is 28.8 Å². The molecular weight excluding hydrogens is 366 g/mol. The van der Waals surface area contributed by atoms with Gasteiger partial charge in [-0.05, 0) is 35.4 Å². The van der Waals surface area contributed by atoms with Crippen LogP contribution in [0, 0.1) is 5.82 Å². The average Bonchev–Trinajstić information content (AvgIpc) is 2.58. The maximum atomic E-state index is 14.0. The number of methoxy groups -OCH3 is 3. The Morgan fingerprint density at radius 3 is 2.08 bits per heavy atom. The molecule has 0 bridgehead atoms. The summed E-state index contributed by atoms with van der Waals surface area (Å²) >= 11 is 0. The van der Waals surface area contributed by atoms with Gasteiger partial charge in [-0.15, -0.1) is 0 Å². The molecule has 0 aromatic heterocycles. The third-order valence-corrected chi connectivity index (χ3v) is 3.76. The first-order valence-corrected chi connectivity index (χ1v) is 8.83. The second-order valence-electron chi connectivity index (χ2n) is 5.06. The molecule has 2 aromatic rings. The Hall–Kier alpha value is -2.54. The largest absolute Gasteiger partial charge is 0.524 e. The van der Waals surface area contributed by atoms with E-state index in [1.165, 1.54) is 39.5 Å². The van der Waals surface area contributed by atoms with Crippen molar-refractivity contribution in [3.8, 4) is 23.0 Å². The molecule has 2 N–H and O–H groups in total. The molecule has 2 rings (SSSR count). The number of hydrogen-bond acceptors (Lipinski definition) is 5. The van der Waals surface area contributed by atoms with Crippen LogP contribution in [0.15, 0.2) is 30.3 Å². The number of benzene rings is 2. The molecule has 0 saturated carbocycles. The molecule has 0 aliphatic rings. The van der Waals surface area contributed by atoms with E-state index in [0.717, 1.165) is 0 Å². The Bertz CT molecular complexity index is 860. The summed E-state index contributed by atoms with van der Waals surface area (Å²) in [5, 5.41) is 0. The molecule has 140 valence electrons. The van der Waals surface area contributed by atoms with Gasteiger partial charge in [0, 0.05) is 0 Å². The van der Waals surface area contributed by atoms with Crippen molar-refractivity contribution in [1.82, 2.24) is 0 Å². The molecule has 26 heavy (non-hydrogen) atoms. The molecule has 0 saturated heterocycles. The fourth-order valence-electron chi connectivity index (χ4n) is 2.22. The molecule has 7 nitrogen and oxygen atoms in total. The molecule has 9 heteroatoms. The summed E-state index contributed by atoms with van der Waals surface area (Å²) in [5.74, 6) is -0.269. The smallest absolute Gasteiger partial charge is 0.493 e. The standard InChI is InChI=1S/C17H18FO7P/c1-22-14-7-6-11(9-15(14)25-26(19,20)21)4-5-12-8-13(18)17(24-3)16(10-12)23-2/h4-10H,1-3H3,(H2,19,20,21)/b5-4-. The minimum absolute atomic E-state index is 0.00595. The number of halogens is 1. The first kappa shape index (κ1) is 19.8. The molecule has 0 fully saturated rings. The van der Waals surface area contributed by atoms with Crippen molar-refractivity contribution in [3.63, 3.8) is 0 Å². The highest BCUT2D eigenvalue weighted by atomic mass is 31.2. The number of phosphoric acid groups is 1. The third kappa shape index (κ3) is 4.98. The van der Waals surface area contributed by atoms with Crippen LogP contribution >= 0.6 is 7.82 Å². The van der Waals surface area contributed by atoms with Gasteiger partial charge >= 0.3 is 7.82 Å². The van der Waals surface area contributed by atoms with Gasteiger partial charge in [0.1, 0.15) is 0 Å². The predicted molar refractivity (Wildman–Crippen MR) is 94.1 cm³/mol. The molecule has 0 spiro atoms. The van der Waals surface area contributed by atoms with Gasteiger partial charge < -0.3 is 18.7 Å². The molecule has 0 aliphatic heterocycles. The average molecular weight is 384 g/mol. The van der Waals surface area contributed by atoms with Crippen molar-refractivity contribution in [2.75, 3.05) is 21.3 Å². The molecular formula is C17H18FO7P. The first-order valence-electron chi connectivity index (χ1n) is 7.30. The van der Waals surface area contributed by atoms with E-state index >= 15 is 0 Å². The van der Waals surface area contributed by atoms with Gasteiger partial charge in [-0.3, -0.25) is 9.79 Å². The molecule has 0 aliphatic carbocycles. The Balaban J connectivity index is 2.35. The quantitative estimate of drug-likeness (QED) is 0.557. The van der Waals surface area contributed by atoms with E-state index in [0.29, 0.717) is 11.1 Å². The van der Waals surface area contributed by atoms with Crippen LogP contribution in [0.1, 0.15) is 11.1 Å². The maximum absolute atomic E-state index is 14.0. The lowest BCUT2D eigenvalue weighted by atomic mass is 10.1. The maximum Gasteiger partial charge on any atom is 0.524 e. The first-order chi connectivity index (χ1) is 12.3. The van der Waals surface area contributed by atoms with Gasteiger partial charge in [-0.1, -0.05) is 18.2 Å². The molecule has 0 amide bonds. The van der Waals surface area contributed by atoms with Crippen molar-refractivity contribution in [1.29, 1.82) is 0 Å². The lowest BCUT2D eigenvalue weighted by molar-refractivity contribution is 0.276. The van der Waals surface area contributed by atoms with Crippen LogP contribution in [0.5, 0.6) is 23.0 Å². The summed E-state index contributed by atoms with van der Waals surface area (Å²) in [7, 11) is -0.638. The second kappa shape index (κ2) is 8.23. The number of hydrogen-bond donors (Lipinski definition) is 2. The Morgan fingerprint density at radius 2 is 1.50 bits per heavy atom. The summed E-state index contributed by atoms with van der Waals surface area (Å²) < 4.78 is 44.7. The lowest BCUT2D eigenvalue weighted by Gasteiger charge is -2.11. The summed E-state index contributed by atoms with van der Waals surface area (Å²) in [4.78, 5) is 18.0. The van der Waals surface area contributed by atoms with Crippen molar-refractivity contribution in [3.05, 3.63) is 47.3 Å². The van der Waals surface area contributed by atoms with Crippen LogP contribution in [0.3, 0.4) is 0 Å². The fraction of sp³-hybridized carbons (Fsp3) is 0.176. The second-order valence-corrected chi connectivity index (χ2v) is 6.23. The van der Waals surface area contributed by atoms with E-state index in [9.17, 15) is 8.96 Å². The zero-order valence-corrected chi connectivity index (χ0v) is 15.2. The molecule has 2 aromatic carbocycles. The summed E-state index contributed by atoms with van der Waals surface area (Å²) in [6.45, 7) is 0.